The number of hydrazone groups is 1. The molecule has 0 amide bonds. The zero-order valence-electron chi connectivity index (χ0n) is 16.3. The number of aliphatic imine (C=N–C) groups is 1. The fraction of sp³-hybridized carbons (Fsp3) is 0.0870. The summed E-state index contributed by atoms with van der Waals surface area (Å²) in [5.74, 6) is 1.97. The Bertz CT molecular complexity index is 1130. The minimum Gasteiger partial charge on any atom is -0.497 e. The van der Waals surface area contributed by atoms with E-state index in [0.29, 0.717) is 11.7 Å². The number of hydrogen-bond acceptors (Lipinski definition) is 4. The predicted octanol–water partition coefficient (Wildman–Crippen LogP) is 4.58. The van der Waals surface area contributed by atoms with Gasteiger partial charge in [-0.1, -0.05) is 29.8 Å². The lowest BCUT2D eigenvalue weighted by Crippen LogP contribution is -2.20. The summed E-state index contributed by atoms with van der Waals surface area (Å²) in [7, 11) is 1.64. The molecule has 0 atom stereocenters. The third-order valence-corrected chi connectivity index (χ3v) is 4.39. The number of rotatable bonds is 5. The Hall–Kier alpha value is -3.93. The van der Waals surface area contributed by atoms with Crippen LogP contribution in [-0.4, -0.2) is 29.1 Å². The van der Waals surface area contributed by atoms with Gasteiger partial charge in [0.05, 0.1) is 30.0 Å². The Balaban J connectivity index is 1.63. The van der Waals surface area contributed by atoms with Gasteiger partial charge in [-0.3, -0.25) is 5.43 Å². The van der Waals surface area contributed by atoms with Crippen LogP contribution in [0.15, 0.2) is 82.9 Å². The molecule has 0 aliphatic carbocycles. The summed E-state index contributed by atoms with van der Waals surface area (Å²) in [6.07, 6.45) is 1.73. The molecule has 29 heavy (non-hydrogen) atoms. The molecular weight excluding hydrogens is 362 g/mol. The number of aromatic nitrogens is 2. The summed E-state index contributed by atoms with van der Waals surface area (Å²) in [5.41, 5.74) is 7.79. The number of aromatic amines is 1. The molecular formula is C23H21N5O. The molecule has 144 valence electrons. The Labute approximate surface area is 169 Å². The number of nitrogens with zero attached hydrogens (tertiary/aromatic N) is 3. The second-order valence-corrected chi connectivity index (χ2v) is 6.54. The predicted molar refractivity (Wildman–Crippen MR) is 117 cm³/mol. The Morgan fingerprint density at radius 2 is 1.76 bits per heavy atom. The molecule has 0 aliphatic heterocycles. The summed E-state index contributed by atoms with van der Waals surface area (Å²) in [6.45, 7) is 2.05. The third kappa shape index (κ3) is 4.50. The number of imidazole rings is 1. The van der Waals surface area contributed by atoms with Gasteiger partial charge in [0.15, 0.2) is 11.7 Å². The quantitative estimate of drug-likeness (QED) is 0.301. The largest absolute Gasteiger partial charge is 0.497 e. The van der Waals surface area contributed by atoms with E-state index in [9.17, 15) is 0 Å². The molecule has 0 radical (unpaired) electrons. The van der Waals surface area contributed by atoms with Crippen molar-refractivity contribution in [3.8, 4) is 5.75 Å². The van der Waals surface area contributed by atoms with Gasteiger partial charge in [-0.05, 0) is 61.0 Å². The van der Waals surface area contributed by atoms with E-state index in [2.05, 4.69) is 20.5 Å². The number of para-hydroxylation sites is 2. The molecule has 3 aromatic carbocycles. The van der Waals surface area contributed by atoms with Crippen LogP contribution in [0.2, 0.25) is 0 Å². The molecule has 4 rings (SSSR count). The van der Waals surface area contributed by atoms with Crippen LogP contribution in [0.25, 0.3) is 11.0 Å². The molecule has 0 saturated heterocycles. The van der Waals surface area contributed by atoms with E-state index in [1.54, 1.807) is 13.3 Å². The number of amidine groups is 1. The van der Waals surface area contributed by atoms with E-state index in [1.165, 1.54) is 5.56 Å². The highest BCUT2D eigenvalue weighted by Crippen LogP contribution is 2.16. The van der Waals surface area contributed by atoms with Gasteiger partial charge in [-0.15, -0.1) is 0 Å². The number of aryl methyl sites for hydroxylation is 1. The number of nitrogens with one attached hydrogen (secondary N) is 2. The number of H-pyrrole nitrogens is 1. The normalized spacial score (nSPS) is 11.9. The van der Waals surface area contributed by atoms with Gasteiger partial charge in [0.2, 0.25) is 0 Å². The zero-order chi connectivity index (χ0) is 20.1. The van der Waals surface area contributed by atoms with Crippen molar-refractivity contribution in [3.63, 3.8) is 0 Å². The van der Waals surface area contributed by atoms with Crippen LogP contribution >= 0.6 is 0 Å². The number of benzene rings is 3. The van der Waals surface area contributed by atoms with Crippen LogP contribution in [0.4, 0.5) is 5.69 Å². The highest BCUT2D eigenvalue weighted by Gasteiger charge is 2.09. The van der Waals surface area contributed by atoms with Crippen molar-refractivity contribution in [1.82, 2.24) is 15.4 Å². The van der Waals surface area contributed by atoms with E-state index in [-0.39, 0.29) is 0 Å². The molecule has 6 heteroatoms. The average molecular weight is 383 g/mol. The second-order valence-electron chi connectivity index (χ2n) is 6.54. The first-order valence-electron chi connectivity index (χ1n) is 9.25. The van der Waals surface area contributed by atoms with Gasteiger partial charge in [-0.25, -0.2) is 9.98 Å². The zero-order valence-corrected chi connectivity index (χ0v) is 16.3. The molecule has 0 saturated carbocycles. The number of hydrogen-bond donors (Lipinski definition) is 2. The van der Waals surface area contributed by atoms with Crippen LogP contribution in [0, 0.1) is 6.92 Å². The Morgan fingerprint density at radius 3 is 2.48 bits per heavy atom. The van der Waals surface area contributed by atoms with E-state index in [0.717, 1.165) is 28.0 Å². The molecule has 0 aliphatic rings. The number of ether oxygens (including phenoxy) is 1. The maximum absolute atomic E-state index is 5.18. The molecule has 0 fully saturated rings. The van der Waals surface area contributed by atoms with Crippen LogP contribution in [0.5, 0.6) is 5.75 Å². The lowest BCUT2D eigenvalue weighted by atomic mass is 10.2. The number of methoxy groups -OCH3 is 1. The molecule has 0 spiro atoms. The van der Waals surface area contributed by atoms with Crippen molar-refractivity contribution >= 4 is 28.8 Å². The summed E-state index contributed by atoms with van der Waals surface area (Å²) in [4.78, 5) is 12.6. The Morgan fingerprint density at radius 1 is 1.00 bits per heavy atom. The van der Waals surface area contributed by atoms with E-state index < -0.39 is 0 Å². The standard InChI is InChI=1S/C23H21N5O/c1-16-7-11-18(12-8-16)25-23(22-26-20-5-3-4-6-21(20)27-22)28-24-15-17-9-13-19(29-2)14-10-17/h3-15H,1-2H3,(H,25,28)(H,26,27)/b24-15+. The van der Waals surface area contributed by atoms with Crippen molar-refractivity contribution < 1.29 is 4.74 Å². The van der Waals surface area contributed by atoms with Crippen LogP contribution in [-0.2, 0) is 0 Å². The minimum atomic E-state index is 0.537. The summed E-state index contributed by atoms with van der Waals surface area (Å²) in [6, 6.07) is 23.5. The van der Waals surface area contributed by atoms with Gasteiger partial charge in [-0.2, -0.15) is 5.10 Å². The molecule has 1 heterocycles. The second kappa shape index (κ2) is 8.39. The topological polar surface area (TPSA) is 74.7 Å². The SMILES string of the molecule is COc1ccc(/C=N/NC(=Nc2ccc(C)cc2)c2nc3ccccc3[nH]2)cc1. The lowest BCUT2D eigenvalue weighted by Gasteiger charge is -2.04. The molecule has 0 unspecified atom stereocenters. The maximum atomic E-state index is 5.18. The van der Waals surface area contributed by atoms with Crippen LogP contribution in [0.1, 0.15) is 17.0 Å². The third-order valence-electron chi connectivity index (χ3n) is 4.39. The summed E-state index contributed by atoms with van der Waals surface area (Å²) >= 11 is 0. The van der Waals surface area contributed by atoms with Gasteiger partial charge in [0, 0.05) is 0 Å². The van der Waals surface area contributed by atoms with Crippen molar-refractivity contribution in [1.29, 1.82) is 0 Å². The fourth-order valence-electron chi connectivity index (χ4n) is 2.80. The van der Waals surface area contributed by atoms with Crippen molar-refractivity contribution in [3.05, 3.63) is 89.7 Å². The van der Waals surface area contributed by atoms with E-state index in [1.807, 2.05) is 79.7 Å². The first kappa shape index (κ1) is 18.4. The Kier molecular flexibility index (Phi) is 5.33. The first-order valence-corrected chi connectivity index (χ1v) is 9.25. The monoisotopic (exact) mass is 383 g/mol. The molecule has 1 aromatic heterocycles. The molecule has 6 nitrogen and oxygen atoms in total. The highest BCUT2D eigenvalue weighted by atomic mass is 16.5. The van der Waals surface area contributed by atoms with Gasteiger partial charge in [0.25, 0.3) is 0 Å². The summed E-state index contributed by atoms with van der Waals surface area (Å²) in [5, 5.41) is 4.35. The maximum Gasteiger partial charge on any atom is 0.190 e. The minimum absolute atomic E-state index is 0.537. The first-order chi connectivity index (χ1) is 14.2. The highest BCUT2D eigenvalue weighted by molar-refractivity contribution is 6.00. The van der Waals surface area contributed by atoms with Crippen LogP contribution < -0.4 is 10.2 Å². The van der Waals surface area contributed by atoms with Crippen molar-refractivity contribution in [2.75, 3.05) is 7.11 Å². The van der Waals surface area contributed by atoms with E-state index >= 15 is 0 Å². The number of fused-ring (bicyclic) bond motifs is 1. The van der Waals surface area contributed by atoms with Gasteiger partial charge in [0.1, 0.15) is 5.75 Å². The van der Waals surface area contributed by atoms with Crippen molar-refractivity contribution in [2.45, 2.75) is 6.92 Å². The molecule has 4 aromatic rings. The summed E-state index contributed by atoms with van der Waals surface area (Å²) < 4.78 is 5.18. The average Bonchev–Trinajstić information content (AvgIpc) is 3.19. The van der Waals surface area contributed by atoms with Gasteiger partial charge < -0.3 is 9.72 Å². The fourth-order valence-corrected chi connectivity index (χ4v) is 2.80. The van der Waals surface area contributed by atoms with Crippen molar-refractivity contribution in [2.24, 2.45) is 10.1 Å². The molecule has 2 N–H and O–H groups in total. The van der Waals surface area contributed by atoms with Gasteiger partial charge >= 0.3 is 0 Å². The smallest absolute Gasteiger partial charge is 0.190 e. The lowest BCUT2D eigenvalue weighted by molar-refractivity contribution is 0.415. The van der Waals surface area contributed by atoms with Crippen LogP contribution in [0.3, 0.4) is 0 Å². The molecule has 0 bridgehead atoms. The van der Waals surface area contributed by atoms with E-state index in [4.69, 9.17) is 9.73 Å².